The molecule has 0 spiro atoms. The highest BCUT2D eigenvalue weighted by Crippen LogP contribution is 2.22. The van der Waals surface area contributed by atoms with Crippen molar-refractivity contribution >= 4 is 16.7 Å². The van der Waals surface area contributed by atoms with Crippen LogP contribution in [0.3, 0.4) is 0 Å². The Morgan fingerprint density at radius 2 is 1.82 bits per heavy atom. The molecule has 2 heterocycles. The van der Waals surface area contributed by atoms with Crippen molar-refractivity contribution in [1.29, 1.82) is 0 Å². The molecule has 0 saturated heterocycles. The summed E-state index contributed by atoms with van der Waals surface area (Å²) in [4.78, 5) is 9.03. The third-order valence-electron chi connectivity index (χ3n) is 2.65. The number of hydrogen-bond acceptors (Lipinski definition) is 3. The Morgan fingerprint density at radius 1 is 1.06 bits per heavy atom. The molecule has 2 aromatic rings. The lowest BCUT2D eigenvalue weighted by molar-refractivity contribution is 0.829. The van der Waals surface area contributed by atoms with Gasteiger partial charge in [0.1, 0.15) is 5.82 Å². The predicted molar refractivity (Wildman–Crippen MR) is 72.4 cm³/mol. The third kappa shape index (κ3) is 2.54. The number of aromatic nitrogens is 2. The van der Waals surface area contributed by atoms with E-state index < -0.39 is 0 Å². The minimum absolute atomic E-state index is 0.373. The van der Waals surface area contributed by atoms with Gasteiger partial charge in [-0.2, -0.15) is 0 Å². The van der Waals surface area contributed by atoms with Gasteiger partial charge in [-0.15, -0.1) is 0 Å². The first-order valence-electron chi connectivity index (χ1n) is 6.10. The third-order valence-corrected chi connectivity index (χ3v) is 2.65. The van der Waals surface area contributed by atoms with E-state index in [-0.39, 0.29) is 0 Å². The van der Waals surface area contributed by atoms with Crippen molar-refractivity contribution in [3.05, 3.63) is 30.1 Å². The molecule has 0 fully saturated rings. The number of rotatable bonds is 3. The van der Waals surface area contributed by atoms with Crippen LogP contribution in [0.25, 0.3) is 10.9 Å². The number of fused-ring (bicyclic) bond motifs is 1. The number of nitrogens with one attached hydrogen (secondary N) is 1. The largest absolute Gasteiger partial charge is 0.367 e. The molecule has 3 heteroatoms. The lowest BCUT2D eigenvalue weighted by atomic mass is 10.1. The van der Waals surface area contributed by atoms with Crippen LogP contribution in [0.2, 0.25) is 0 Å². The van der Waals surface area contributed by atoms with Gasteiger partial charge in [-0.05, 0) is 38.0 Å². The van der Waals surface area contributed by atoms with E-state index in [9.17, 15) is 0 Å². The topological polar surface area (TPSA) is 37.8 Å². The van der Waals surface area contributed by atoms with Gasteiger partial charge in [0.05, 0.1) is 5.52 Å². The Bertz CT molecular complexity index is 518. The molecular weight excluding hydrogens is 210 g/mol. The normalized spacial score (nSPS) is 11.4. The molecule has 0 aliphatic heterocycles. The fourth-order valence-electron chi connectivity index (χ4n) is 1.78. The van der Waals surface area contributed by atoms with E-state index in [1.165, 1.54) is 0 Å². The molecule has 0 saturated carbocycles. The number of nitrogens with zero attached hydrogens (tertiary/aromatic N) is 2. The van der Waals surface area contributed by atoms with Crippen LogP contribution in [0, 0.1) is 0 Å². The summed E-state index contributed by atoms with van der Waals surface area (Å²) in [5, 5.41) is 4.43. The van der Waals surface area contributed by atoms with E-state index in [1.807, 2.05) is 12.3 Å². The molecule has 0 aliphatic rings. The molecule has 0 aliphatic carbocycles. The average molecular weight is 229 g/mol. The Morgan fingerprint density at radius 3 is 2.47 bits per heavy atom. The lowest BCUT2D eigenvalue weighted by Gasteiger charge is -2.12. The maximum atomic E-state index is 4.66. The number of hydrogen-bond donors (Lipinski definition) is 1. The first-order chi connectivity index (χ1) is 8.08. The molecule has 17 heavy (non-hydrogen) atoms. The second kappa shape index (κ2) is 4.70. The van der Waals surface area contributed by atoms with Crippen molar-refractivity contribution in [2.24, 2.45) is 0 Å². The predicted octanol–water partition coefficient (Wildman–Crippen LogP) is 3.57. The van der Waals surface area contributed by atoms with Gasteiger partial charge < -0.3 is 5.32 Å². The van der Waals surface area contributed by atoms with Gasteiger partial charge in [0.2, 0.25) is 0 Å². The van der Waals surface area contributed by atoms with Gasteiger partial charge in [-0.3, -0.25) is 4.98 Å². The quantitative estimate of drug-likeness (QED) is 0.874. The van der Waals surface area contributed by atoms with Crippen LogP contribution in [-0.2, 0) is 0 Å². The van der Waals surface area contributed by atoms with Gasteiger partial charge in [-0.25, -0.2) is 4.98 Å². The molecule has 0 bridgehead atoms. The Kier molecular flexibility index (Phi) is 3.27. The van der Waals surface area contributed by atoms with E-state index in [0.29, 0.717) is 12.0 Å². The molecule has 0 unspecified atom stereocenters. The highest BCUT2D eigenvalue weighted by atomic mass is 15.0. The summed E-state index contributed by atoms with van der Waals surface area (Å²) in [6.45, 7) is 8.53. The molecule has 0 atom stereocenters. The highest BCUT2D eigenvalue weighted by Gasteiger charge is 2.07. The van der Waals surface area contributed by atoms with E-state index >= 15 is 0 Å². The summed E-state index contributed by atoms with van der Waals surface area (Å²) in [5.41, 5.74) is 2.13. The van der Waals surface area contributed by atoms with Crippen LogP contribution < -0.4 is 5.32 Å². The molecular formula is C14H19N3. The van der Waals surface area contributed by atoms with Gasteiger partial charge in [0.15, 0.2) is 0 Å². The van der Waals surface area contributed by atoms with Crippen molar-refractivity contribution < 1.29 is 0 Å². The van der Waals surface area contributed by atoms with Crippen molar-refractivity contribution in [3.63, 3.8) is 0 Å². The summed E-state index contributed by atoms with van der Waals surface area (Å²) in [5.74, 6) is 1.37. The van der Waals surface area contributed by atoms with E-state index in [1.54, 1.807) is 0 Å². The van der Waals surface area contributed by atoms with Crippen LogP contribution in [0.4, 0.5) is 5.82 Å². The van der Waals surface area contributed by atoms with Crippen molar-refractivity contribution in [2.45, 2.75) is 39.7 Å². The molecule has 2 aromatic heterocycles. The monoisotopic (exact) mass is 229 g/mol. The number of anilines is 1. The molecule has 0 amide bonds. The fourth-order valence-corrected chi connectivity index (χ4v) is 1.78. The number of pyridine rings is 2. The van der Waals surface area contributed by atoms with E-state index in [4.69, 9.17) is 0 Å². The van der Waals surface area contributed by atoms with Crippen LogP contribution >= 0.6 is 0 Å². The summed E-state index contributed by atoms with van der Waals surface area (Å²) >= 11 is 0. The summed E-state index contributed by atoms with van der Waals surface area (Å²) in [6.07, 6.45) is 1.81. The summed E-state index contributed by atoms with van der Waals surface area (Å²) < 4.78 is 0. The fraction of sp³-hybridized carbons (Fsp3) is 0.429. The van der Waals surface area contributed by atoms with Gasteiger partial charge in [0.25, 0.3) is 0 Å². The molecule has 0 radical (unpaired) electrons. The summed E-state index contributed by atoms with van der Waals surface area (Å²) in [6, 6.07) is 6.53. The second-order valence-electron chi connectivity index (χ2n) is 4.92. The van der Waals surface area contributed by atoms with Gasteiger partial charge in [0, 0.05) is 23.3 Å². The first kappa shape index (κ1) is 11.8. The Balaban J connectivity index is 2.51. The molecule has 1 N–H and O–H groups in total. The zero-order valence-corrected chi connectivity index (χ0v) is 10.9. The minimum Gasteiger partial charge on any atom is -0.367 e. The molecule has 90 valence electrons. The Hall–Kier alpha value is -1.64. The molecule has 2 rings (SSSR count). The standard InChI is InChI=1S/C14H19N3/c1-9(2)12-6-5-11-13(17-12)7-8-15-14(11)16-10(3)4/h5-10H,1-4H3,(H,15,16). The maximum Gasteiger partial charge on any atom is 0.135 e. The van der Waals surface area contributed by atoms with Crippen molar-refractivity contribution in [3.8, 4) is 0 Å². The lowest BCUT2D eigenvalue weighted by Crippen LogP contribution is -2.11. The molecule has 0 aromatic carbocycles. The zero-order valence-electron chi connectivity index (χ0n) is 10.9. The highest BCUT2D eigenvalue weighted by molar-refractivity contribution is 5.89. The van der Waals surface area contributed by atoms with Crippen LogP contribution in [0.1, 0.15) is 39.3 Å². The van der Waals surface area contributed by atoms with Gasteiger partial charge in [-0.1, -0.05) is 13.8 Å². The SMILES string of the molecule is CC(C)Nc1nccc2nc(C(C)C)ccc12. The second-order valence-corrected chi connectivity index (χ2v) is 4.92. The average Bonchev–Trinajstić information content (AvgIpc) is 2.28. The minimum atomic E-state index is 0.373. The Labute approximate surface area is 102 Å². The van der Waals surface area contributed by atoms with Crippen LogP contribution in [-0.4, -0.2) is 16.0 Å². The first-order valence-corrected chi connectivity index (χ1v) is 6.10. The summed E-state index contributed by atoms with van der Waals surface area (Å²) in [7, 11) is 0. The van der Waals surface area contributed by atoms with E-state index in [2.05, 4.69) is 55.1 Å². The smallest absolute Gasteiger partial charge is 0.135 e. The van der Waals surface area contributed by atoms with Crippen LogP contribution in [0.15, 0.2) is 24.4 Å². The van der Waals surface area contributed by atoms with Gasteiger partial charge >= 0.3 is 0 Å². The zero-order chi connectivity index (χ0) is 12.4. The van der Waals surface area contributed by atoms with Crippen molar-refractivity contribution in [2.75, 3.05) is 5.32 Å². The molecule has 3 nitrogen and oxygen atoms in total. The maximum absolute atomic E-state index is 4.66. The van der Waals surface area contributed by atoms with Crippen LogP contribution in [0.5, 0.6) is 0 Å². The van der Waals surface area contributed by atoms with E-state index in [0.717, 1.165) is 22.4 Å². The van der Waals surface area contributed by atoms with Crippen molar-refractivity contribution in [1.82, 2.24) is 9.97 Å².